The lowest BCUT2D eigenvalue weighted by Gasteiger charge is -2.15. The molecule has 3 aromatic carbocycles. The van der Waals surface area contributed by atoms with Crippen molar-refractivity contribution in [2.75, 3.05) is 12.9 Å². The number of methoxy groups -OCH3 is 1. The average Bonchev–Trinajstić information content (AvgIpc) is 3.34. The third-order valence-corrected chi connectivity index (χ3v) is 6.51. The van der Waals surface area contributed by atoms with Gasteiger partial charge in [0.15, 0.2) is 22.7 Å². The number of nitriles is 1. The molecule has 0 aliphatic carbocycles. The highest BCUT2D eigenvalue weighted by atomic mass is 32.2. The van der Waals surface area contributed by atoms with Crippen LogP contribution in [0.2, 0.25) is 0 Å². The summed E-state index contributed by atoms with van der Waals surface area (Å²) < 4.78 is 13.6. The predicted molar refractivity (Wildman–Crippen MR) is 141 cm³/mol. The van der Waals surface area contributed by atoms with Gasteiger partial charge in [0.25, 0.3) is 0 Å². The highest BCUT2D eigenvalue weighted by molar-refractivity contribution is 7.99. The van der Waals surface area contributed by atoms with Gasteiger partial charge in [0.2, 0.25) is 0 Å². The molecule has 0 aliphatic rings. The summed E-state index contributed by atoms with van der Waals surface area (Å²) in [7, 11) is 1.59. The molecule has 1 heterocycles. The fraction of sp³-hybridized carbons (Fsp3) is 0.143. The summed E-state index contributed by atoms with van der Waals surface area (Å²) in [6.45, 7) is 3.77. The molecule has 9 heteroatoms. The maximum atomic E-state index is 12.6. The number of carbonyl (C=O) groups excluding carboxylic acids is 1. The number of rotatable bonds is 11. The number of carbonyl (C=O) groups is 1. The number of ketones is 1. The van der Waals surface area contributed by atoms with Crippen LogP contribution in [-0.4, -0.2) is 33.4 Å². The average molecular weight is 513 g/mol. The molecule has 4 aromatic rings. The molecule has 3 N–H and O–H groups in total. The Morgan fingerprint density at radius 1 is 1.05 bits per heavy atom. The second-order valence-electron chi connectivity index (χ2n) is 8.03. The van der Waals surface area contributed by atoms with E-state index in [1.54, 1.807) is 7.11 Å². The van der Waals surface area contributed by atoms with Crippen LogP contribution in [0.5, 0.6) is 11.5 Å². The summed E-state index contributed by atoms with van der Waals surface area (Å²) in [6.07, 6.45) is 0. The lowest BCUT2D eigenvalue weighted by molar-refractivity contribution is -0.309. The number of hydrogen-bond acceptors (Lipinski definition) is 7. The van der Waals surface area contributed by atoms with Crippen molar-refractivity contribution in [3.63, 3.8) is 0 Å². The van der Waals surface area contributed by atoms with Gasteiger partial charge in [-0.3, -0.25) is 9.36 Å². The number of Topliss-reactive ketones (excluding diaryl/α,β-unsaturated/α-hetero) is 1. The van der Waals surface area contributed by atoms with Gasteiger partial charge in [-0.1, -0.05) is 72.4 Å². The second-order valence-corrected chi connectivity index (χ2v) is 8.97. The fourth-order valence-electron chi connectivity index (χ4n) is 3.74. The smallest absolute Gasteiger partial charge is 0.196 e. The highest BCUT2D eigenvalue weighted by Gasteiger charge is 2.25. The lowest BCUT2D eigenvalue weighted by atomic mass is 10.1. The first-order valence-corrected chi connectivity index (χ1v) is 12.4. The Balaban J connectivity index is 1.65. The summed E-state index contributed by atoms with van der Waals surface area (Å²) in [5.41, 5.74) is 6.62. The molecule has 1 atom stereocenters. The summed E-state index contributed by atoms with van der Waals surface area (Å²) in [4.78, 5) is 12.6. The molecule has 0 spiro atoms. The van der Waals surface area contributed by atoms with E-state index in [1.807, 2.05) is 89.5 Å². The van der Waals surface area contributed by atoms with Gasteiger partial charge in [-0.2, -0.15) is 5.26 Å². The van der Waals surface area contributed by atoms with Gasteiger partial charge < -0.3 is 15.2 Å². The van der Waals surface area contributed by atoms with Crippen molar-refractivity contribution < 1.29 is 20.0 Å². The van der Waals surface area contributed by atoms with E-state index in [0.29, 0.717) is 28.2 Å². The minimum Gasteiger partial charge on any atom is -0.495 e. The van der Waals surface area contributed by atoms with Crippen molar-refractivity contribution in [1.82, 2.24) is 14.8 Å². The largest absolute Gasteiger partial charge is 0.495 e. The predicted octanol–water partition coefficient (Wildman–Crippen LogP) is 4.08. The van der Waals surface area contributed by atoms with E-state index in [4.69, 9.17) is 9.47 Å². The molecule has 0 bridgehead atoms. The highest BCUT2D eigenvalue weighted by Crippen LogP contribution is 2.32. The normalized spacial score (nSPS) is 11.4. The first kappa shape index (κ1) is 25.7. The number of hydrogen-bond donors (Lipinski definition) is 1. The van der Waals surface area contributed by atoms with E-state index in [0.717, 1.165) is 11.1 Å². The van der Waals surface area contributed by atoms with E-state index in [-0.39, 0.29) is 23.8 Å². The van der Waals surface area contributed by atoms with Gasteiger partial charge >= 0.3 is 0 Å². The molecule has 0 aliphatic heterocycles. The summed E-state index contributed by atoms with van der Waals surface area (Å²) in [5, 5.41) is 18.5. The molecule has 0 amide bonds. The molecular weight excluding hydrogens is 486 g/mol. The molecule has 37 heavy (non-hydrogen) atoms. The molecule has 0 unspecified atom stereocenters. The van der Waals surface area contributed by atoms with Gasteiger partial charge in [0.05, 0.1) is 24.6 Å². The zero-order chi connectivity index (χ0) is 26.2. The van der Waals surface area contributed by atoms with E-state index in [2.05, 4.69) is 22.5 Å². The van der Waals surface area contributed by atoms with Crippen LogP contribution < -0.4 is 15.2 Å². The Labute approximate surface area is 219 Å². The number of aromatic nitrogens is 3. The van der Waals surface area contributed by atoms with Crippen LogP contribution in [0.15, 0.2) is 96.3 Å². The lowest BCUT2D eigenvalue weighted by Crippen LogP contribution is -2.51. The van der Waals surface area contributed by atoms with Crippen LogP contribution in [0, 0.1) is 17.2 Å². The van der Waals surface area contributed by atoms with E-state index in [1.165, 1.54) is 11.8 Å². The fourth-order valence-corrected chi connectivity index (χ4v) is 4.61. The number of benzene rings is 3. The van der Waals surface area contributed by atoms with Gasteiger partial charge in [-0.25, -0.2) is 0 Å². The van der Waals surface area contributed by atoms with Crippen LogP contribution in [0.25, 0.3) is 16.8 Å². The van der Waals surface area contributed by atoms with Crippen LogP contribution in [-0.2, 0) is 11.4 Å². The second kappa shape index (κ2) is 12.0. The number of thioether (sulfide) groups is 1. The maximum absolute atomic E-state index is 12.6. The Morgan fingerprint density at radius 2 is 1.73 bits per heavy atom. The van der Waals surface area contributed by atoms with E-state index < -0.39 is 5.92 Å². The number of nitrogens with zero attached hydrogens (tertiary/aromatic N) is 4. The summed E-state index contributed by atoms with van der Waals surface area (Å²) in [6, 6.07) is 27.2. The molecule has 8 nitrogen and oxygen atoms in total. The number of para-hydroxylation sites is 3. The molecule has 186 valence electrons. The molecular formula is C28H26N5O3S+. The Morgan fingerprint density at radius 3 is 2.43 bits per heavy atom. The van der Waals surface area contributed by atoms with Gasteiger partial charge in [0, 0.05) is 5.56 Å². The van der Waals surface area contributed by atoms with E-state index in [9.17, 15) is 10.1 Å². The minimum atomic E-state index is -0.965. The summed E-state index contributed by atoms with van der Waals surface area (Å²) in [5.74, 6) is 0.600. The number of ether oxygens (including phenoxy) is 2. The molecule has 4 rings (SSSR count). The zero-order valence-corrected chi connectivity index (χ0v) is 21.1. The molecule has 0 saturated heterocycles. The Hall–Kier alpha value is -4.39. The van der Waals surface area contributed by atoms with Crippen LogP contribution in [0.1, 0.15) is 5.82 Å². The quantitative estimate of drug-likeness (QED) is 0.301. The number of allylic oxidation sites excluding steroid dienone is 1. The SMILES string of the molecule is C=C([NH3+])[C@H](C#N)C(=O)CSc1nnc(COc2ccccc2-c2ccccc2)n1-c1ccccc1OC. The Kier molecular flexibility index (Phi) is 8.36. The first-order chi connectivity index (χ1) is 18.0. The molecule has 1 aromatic heterocycles. The van der Waals surface area contributed by atoms with Gasteiger partial charge in [-0.15, -0.1) is 10.2 Å². The molecule has 0 fully saturated rings. The molecule has 0 radical (unpaired) electrons. The van der Waals surface area contributed by atoms with Crippen molar-refractivity contribution in [2.24, 2.45) is 5.92 Å². The zero-order valence-electron chi connectivity index (χ0n) is 20.3. The van der Waals surface area contributed by atoms with Crippen LogP contribution in [0.3, 0.4) is 0 Å². The summed E-state index contributed by atoms with van der Waals surface area (Å²) >= 11 is 1.18. The van der Waals surface area contributed by atoms with Gasteiger partial charge in [-0.05, 0) is 30.3 Å². The number of quaternary nitrogens is 1. The molecule has 0 saturated carbocycles. The van der Waals surface area contributed by atoms with Crippen molar-refractivity contribution in [3.05, 3.63) is 97.0 Å². The third-order valence-electron chi connectivity index (χ3n) is 5.56. The van der Waals surface area contributed by atoms with Crippen molar-refractivity contribution in [1.29, 1.82) is 5.26 Å². The van der Waals surface area contributed by atoms with Crippen molar-refractivity contribution >= 4 is 17.5 Å². The monoisotopic (exact) mass is 512 g/mol. The Bertz CT molecular complexity index is 1450. The first-order valence-electron chi connectivity index (χ1n) is 11.4. The maximum Gasteiger partial charge on any atom is 0.196 e. The van der Waals surface area contributed by atoms with Crippen molar-refractivity contribution in [2.45, 2.75) is 11.8 Å². The third kappa shape index (κ3) is 5.89. The topological polar surface area (TPSA) is 118 Å². The van der Waals surface area contributed by atoms with Crippen molar-refractivity contribution in [3.8, 4) is 34.4 Å². The van der Waals surface area contributed by atoms with Gasteiger partial charge in [0.1, 0.15) is 23.8 Å². The minimum absolute atomic E-state index is 0.0117. The van der Waals surface area contributed by atoms with Crippen LogP contribution >= 0.6 is 11.8 Å². The standard InChI is InChI=1S/C28H25N5O3S/c1-19(30)22(16-29)24(34)18-37-28-32-31-27(33(28)23-13-7-9-15-26(23)35-2)17-36-25-14-8-6-12-21(25)20-10-4-3-5-11-20/h3-15,22H,1,17-18,30H2,2H3/p+1/t22-/m0/s1. The van der Waals surface area contributed by atoms with E-state index >= 15 is 0 Å². The van der Waals surface area contributed by atoms with Crippen LogP contribution in [0.4, 0.5) is 0 Å².